The zero-order valence-corrected chi connectivity index (χ0v) is 14.2. The first-order chi connectivity index (χ1) is 10.8. The average Bonchev–Trinajstić information content (AvgIpc) is 2.50. The van der Waals surface area contributed by atoms with E-state index in [0.29, 0.717) is 17.3 Å². The molecule has 2 aromatic heterocycles. The van der Waals surface area contributed by atoms with Crippen LogP contribution in [0.2, 0.25) is 0 Å². The summed E-state index contributed by atoms with van der Waals surface area (Å²) in [6.45, 7) is 3.48. The van der Waals surface area contributed by atoms with Crippen molar-refractivity contribution in [3.8, 4) is 0 Å². The van der Waals surface area contributed by atoms with Gasteiger partial charge in [0.2, 0.25) is 0 Å². The second-order valence-corrected chi connectivity index (χ2v) is 6.53. The number of thioether (sulfide) groups is 1. The Hall–Kier alpha value is -2.16. The predicted molar refractivity (Wildman–Crippen MR) is 87.0 cm³/mol. The Morgan fingerprint density at radius 1 is 1.26 bits per heavy atom. The highest BCUT2D eigenvalue weighted by Crippen LogP contribution is 2.26. The van der Waals surface area contributed by atoms with E-state index < -0.39 is 22.5 Å². The molecule has 0 spiro atoms. The highest BCUT2D eigenvalue weighted by atomic mass is 32.2. The van der Waals surface area contributed by atoms with Crippen LogP contribution in [0.4, 0.5) is 0 Å². The number of aromatic nitrogens is 4. The molecule has 1 atom stereocenters. The lowest BCUT2D eigenvalue weighted by molar-refractivity contribution is -0.136. The van der Waals surface area contributed by atoms with Gasteiger partial charge in [-0.2, -0.15) is 0 Å². The molecule has 2 aromatic rings. The molecule has 0 radical (unpaired) electrons. The van der Waals surface area contributed by atoms with Gasteiger partial charge in [-0.15, -0.1) is 0 Å². The molecule has 0 aliphatic carbocycles. The lowest BCUT2D eigenvalue weighted by atomic mass is 10.3. The van der Waals surface area contributed by atoms with Gasteiger partial charge in [-0.05, 0) is 13.3 Å². The minimum Gasteiger partial charge on any atom is -0.480 e. The van der Waals surface area contributed by atoms with Crippen LogP contribution in [0.3, 0.4) is 0 Å². The van der Waals surface area contributed by atoms with E-state index in [1.807, 2.05) is 6.92 Å². The van der Waals surface area contributed by atoms with Crippen LogP contribution in [0.5, 0.6) is 0 Å². The first-order valence-electron chi connectivity index (χ1n) is 7.14. The topological polar surface area (TPSA) is 107 Å². The molecule has 0 saturated carbocycles. The Labute approximate surface area is 136 Å². The summed E-state index contributed by atoms with van der Waals surface area (Å²) in [6.07, 6.45) is 1.37. The minimum absolute atomic E-state index is 0.174. The molecule has 0 unspecified atom stereocenters. The Morgan fingerprint density at radius 2 is 1.91 bits per heavy atom. The summed E-state index contributed by atoms with van der Waals surface area (Å²) in [6, 6.07) is 0. The van der Waals surface area contributed by atoms with Crippen molar-refractivity contribution in [2.24, 2.45) is 14.1 Å². The second-order valence-electron chi connectivity index (χ2n) is 5.20. The fourth-order valence-corrected chi connectivity index (χ4v) is 3.00. The van der Waals surface area contributed by atoms with Crippen LogP contribution in [0, 0.1) is 0 Å². The molecule has 2 rings (SSSR count). The summed E-state index contributed by atoms with van der Waals surface area (Å²) in [5.41, 5.74) is -0.770. The van der Waals surface area contributed by atoms with Crippen LogP contribution < -0.4 is 11.2 Å². The molecule has 0 aliphatic rings. The minimum atomic E-state index is -1.000. The van der Waals surface area contributed by atoms with Gasteiger partial charge in [0.25, 0.3) is 5.56 Å². The Kier molecular flexibility index (Phi) is 4.88. The highest BCUT2D eigenvalue weighted by Gasteiger charge is 2.21. The monoisotopic (exact) mass is 338 g/mol. The first-order valence-corrected chi connectivity index (χ1v) is 8.02. The molecule has 0 bridgehead atoms. The van der Waals surface area contributed by atoms with Crippen LogP contribution in [-0.4, -0.2) is 35.4 Å². The van der Waals surface area contributed by atoms with Gasteiger partial charge in [0, 0.05) is 20.5 Å². The van der Waals surface area contributed by atoms with E-state index in [0.717, 1.165) is 22.7 Å². The van der Waals surface area contributed by atoms with Crippen molar-refractivity contribution in [2.75, 3.05) is 0 Å². The molecule has 9 heteroatoms. The maximum Gasteiger partial charge on any atom is 0.332 e. The van der Waals surface area contributed by atoms with Gasteiger partial charge >= 0.3 is 11.7 Å². The van der Waals surface area contributed by atoms with Crippen molar-refractivity contribution < 1.29 is 9.90 Å². The molecule has 124 valence electrons. The molecular formula is C14H18N4O4S. The van der Waals surface area contributed by atoms with Gasteiger partial charge in [0.15, 0.2) is 5.65 Å². The molecule has 0 aliphatic heterocycles. The van der Waals surface area contributed by atoms with Crippen molar-refractivity contribution in [3.63, 3.8) is 0 Å². The number of hydrogen-bond acceptors (Lipinski definition) is 6. The third kappa shape index (κ3) is 3.14. The second kappa shape index (κ2) is 6.53. The molecule has 8 nitrogen and oxygen atoms in total. The van der Waals surface area contributed by atoms with E-state index >= 15 is 0 Å². The summed E-state index contributed by atoms with van der Waals surface area (Å²) in [5, 5.41) is 8.80. The normalized spacial score (nSPS) is 12.5. The van der Waals surface area contributed by atoms with E-state index in [1.54, 1.807) is 0 Å². The number of carboxylic acid groups (broad SMARTS) is 1. The largest absolute Gasteiger partial charge is 0.480 e. The zero-order valence-electron chi connectivity index (χ0n) is 13.4. The van der Waals surface area contributed by atoms with Gasteiger partial charge < -0.3 is 5.11 Å². The Bertz CT molecular complexity index is 887. The number of carbonyl (C=O) groups is 1. The van der Waals surface area contributed by atoms with Crippen molar-refractivity contribution in [1.29, 1.82) is 0 Å². The van der Waals surface area contributed by atoms with Crippen LogP contribution in [0.15, 0.2) is 14.6 Å². The fourth-order valence-electron chi connectivity index (χ4n) is 2.11. The maximum absolute atomic E-state index is 12.5. The third-order valence-electron chi connectivity index (χ3n) is 3.42. The Balaban J connectivity index is 2.84. The van der Waals surface area contributed by atoms with Gasteiger partial charge in [-0.25, -0.2) is 14.8 Å². The van der Waals surface area contributed by atoms with Crippen LogP contribution in [0.25, 0.3) is 11.0 Å². The lowest BCUT2D eigenvalue weighted by Crippen LogP contribution is -2.38. The molecule has 0 aromatic carbocycles. The quantitative estimate of drug-likeness (QED) is 0.626. The number of hydrogen-bond donors (Lipinski definition) is 1. The standard InChI is InChI=1S/C14H18N4O4S/c1-5-6-8-15-10-9(11(16-8)23-7(2)13(20)21)12(19)18(4)14(22)17(10)3/h7H,5-6H2,1-4H3,(H,20,21)/t7-/m1/s1. The number of fused-ring (bicyclic) bond motifs is 1. The predicted octanol–water partition coefficient (Wildman–Crippen LogP) is 0.545. The van der Waals surface area contributed by atoms with Gasteiger partial charge in [-0.1, -0.05) is 18.7 Å². The molecule has 23 heavy (non-hydrogen) atoms. The maximum atomic E-state index is 12.5. The first kappa shape index (κ1) is 17.2. The summed E-state index contributed by atoms with van der Waals surface area (Å²) < 4.78 is 2.26. The summed E-state index contributed by atoms with van der Waals surface area (Å²) in [5.74, 6) is -0.510. The number of aryl methyl sites for hydroxylation is 2. The highest BCUT2D eigenvalue weighted by molar-refractivity contribution is 8.00. The SMILES string of the molecule is CCCc1nc(S[C@H](C)C(=O)O)c2c(=O)n(C)c(=O)n(C)c2n1. The lowest BCUT2D eigenvalue weighted by Gasteiger charge is -2.12. The average molecular weight is 338 g/mol. The number of carboxylic acids is 1. The fraction of sp³-hybridized carbons (Fsp3) is 0.500. The number of rotatable bonds is 5. The van der Waals surface area contributed by atoms with E-state index in [4.69, 9.17) is 5.11 Å². The van der Waals surface area contributed by atoms with Gasteiger partial charge in [-0.3, -0.25) is 18.7 Å². The van der Waals surface area contributed by atoms with Gasteiger partial charge in [0.05, 0.1) is 0 Å². The van der Waals surface area contributed by atoms with Crippen molar-refractivity contribution >= 4 is 28.8 Å². The molecule has 1 N–H and O–H groups in total. The molecule has 2 heterocycles. The van der Waals surface area contributed by atoms with Crippen molar-refractivity contribution in [1.82, 2.24) is 19.1 Å². The zero-order chi connectivity index (χ0) is 17.3. The summed E-state index contributed by atoms with van der Waals surface area (Å²) in [4.78, 5) is 44.3. The van der Waals surface area contributed by atoms with E-state index in [-0.39, 0.29) is 11.0 Å². The third-order valence-corrected chi connectivity index (χ3v) is 4.50. The molecule has 0 amide bonds. The number of nitrogens with zero attached hydrogens (tertiary/aromatic N) is 4. The van der Waals surface area contributed by atoms with Crippen molar-refractivity contribution in [3.05, 3.63) is 26.7 Å². The van der Waals surface area contributed by atoms with E-state index in [9.17, 15) is 14.4 Å². The van der Waals surface area contributed by atoms with Crippen LogP contribution >= 0.6 is 11.8 Å². The smallest absolute Gasteiger partial charge is 0.332 e. The Morgan fingerprint density at radius 3 is 2.48 bits per heavy atom. The van der Waals surface area contributed by atoms with Crippen LogP contribution in [-0.2, 0) is 25.3 Å². The summed E-state index contributed by atoms with van der Waals surface area (Å²) >= 11 is 0.979. The van der Waals surface area contributed by atoms with Crippen LogP contribution in [0.1, 0.15) is 26.1 Å². The van der Waals surface area contributed by atoms with Gasteiger partial charge in [0.1, 0.15) is 21.5 Å². The number of aliphatic carboxylic acids is 1. The molecule has 0 fully saturated rings. The van der Waals surface area contributed by atoms with E-state index in [1.165, 1.54) is 25.6 Å². The van der Waals surface area contributed by atoms with E-state index in [2.05, 4.69) is 9.97 Å². The molecular weight excluding hydrogens is 320 g/mol. The summed E-state index contributed by atoms with van der Waals surface area (Å²) in [7, 11) is 2.90. The van der Waals surface area contributed by atoms with Crippen molar-refractivity contribution in [2.45, 2.75) is 37.0 Å². The molecule has 0 saturated heterocycles.